The lowest BCUT2D eigenvalue weighted by Crippen LogP contribution is -2.34. The zero-order valence-corrected chi connectivity index (χ0v) is 15.0. The van der Waals surface area contributed by atoms with Crippen molar-refractivity contribution in [3.8, 4) is 0 Å². The maximum Gasteiger partial charge on any atom is 0.434 e. The second-order valence-electron chi connectivity index (χ2n) is 6.14. The largest absolute Gasteiger partial charge is 0.434 e. The minimum absolute atomic E-state index is 0.154. The Morgan fingerprint density at radius 2 is 2.00 bits per heavy atom. The van der Waals surface area contributed by atoms with E-state index in [-0.39, 0.29) is 9.88 Å². The number of aromatic nitrogens is 3. The summed E-state index contributed by atoms with van der Waals surface area (Å²) < 4.78 is 80.5. The smallest absolute Gasteiger partial charge is 0.330 e. The molecule has 1 aliphatic carbocycles. The van der Waals surface area contributed by atoms with Gasteiger partial charge in [0.15, 0.2) is 5.69 Å². The van der Waals surface area contributed by atoms with Crippen molar-refractivity contribution in [2.75, 3.05) is 0 Å². The summed E-state index contributed by atoms with van der Waals surface area (Å²) >= 11 is 0.760. The Balaban J connectivity index is 1.98. The van der Waals surface area contributed by atoms with E-state index in [1.807, 2.05) is 0 Å². The van der Waals surface area contributed by atoms with E-state index in [0.29, 0.717) is 17.5 Å². The van der Waals surface area contributed by atoms with E-state index < -0.39 is 54.0 Å². The summed E-state index contributed by atoms with van der Waals surface area (Å²) in [5, 5.41) is 3.47. The van der Waals surface area contributed by atoms with Crippen molar-refractivity contribution in [3.05, 3.63) is 32.8 Å². The van der Waals surface area contributed by atoms with Gasteiger partial charge in [0.2, 0.25) is 5.95 Å². The molecule has 0 N–H and O–H groups in total. The standard InChI is InChI=1S/C15H14F6N4OS/c1-6-22-11(15(19,20)21)8(27-6)5-25(7-3-4-7)14(26)9-10(12(16)17)23-24(2)13(9)18/h7,12H,3-5H2,1-2H3. The molecule has 0 aromatic carbocycles. The minimum atomic E-state index is -4.72. The Morgan fingerprint density at radius 3 is 2.52 bits per heavy atom. The van der Waals surface area contributed by atoms with Crippen molar-refractivity contribution in [1.82, 2.24) is 19.7 Å². The summed E-state index contributed by atoms with van der Waals surface area (Å²) in [4.78, 5) is 17.0. The lowest BCUT2D eigenvalue weighted by Gasteiger charge is -2.22. The Labute approximate surface area is 153 Å². The molecule has 2 heterocycles. The number of alkyl halides is 5. The molecule has 0 radical (unpaired) electrons. The van der Waals surface area contributed by atoms with Crippen molar-refractivity contribution in [2.24, 2.45) is 7.05 Å². The number of carbonyl (C=O) groups is 1. The Kier molecular flexibility index (Phi) is 4.95. The lowest BCUT2D eigenvalue weighted by molar-refractivity contribution is -0.141. The van der Waals surface area contributed by atoms with Crippen LogP contribution in [-0.2, 0) is 19.8 Å². The first-order valence-electron chi connectivity index (χ1n) is 7.85. The first kappa shape index (κ1) is 19.6. The summed E-state index contributed by atoms with van der Waals surface area (Å²) in [7, 11) is 1.06. The Bertz CT molecular complexity index is 871. The number of halogens is 6. The van der Waals surface area contributed by atoms with Crippen molar-refractivity contribution < 1.29 is 31.1 Å². The van der Waals surface area contributed by atoms with Gasteiger partial charge < -0.3 is 4.90 Å². The van der Waals surface area contributed by atoms with E-state index in [9.17, 15) is 31.1 Å². The molecule has 1 fully saturated rings. The lowest BCUT2D eigenvalue weighted by atomic mass is 10.2. The first-order valence-corrected chi connectivity index (χ1v) is 8.67. The molecule has 0 aliphatic heterocycles. The van der Waals surface area contributed by atoms with Gasteiger partial charge in [-0.05, 0) is 19.8 Å². The van der Waals surface area contributed by atoms with Crippen molar-refractivity contribution >= 4 is 17.2 Å². The number of hydrogen-bond donors (Lipinski definition) is 0. The number of thiazole rings is 1. The van der Waals surface area contributed by atoms with E-state index in [1.54, 1.807) is 0 Å². The molecule has 27 heavy (non-hydrogen) atoms. The highest BCUT2D eigenvalue weighted by molar-refractivity contribution is 7.11. The van der Waals surface area contributed by atoms with Crippen LogP contribution < -0.4 is 0 Å². The van der Waals surface area contributed by atoms with Gasteiger partial charge in [-0.15, -0.1) is 11.3 Å². The second-order valence-corrected chi connectivity index (χ2v) is 7.43. The molecule has 0 atom stereocenters. The number of nitrogens with zero attached hydrogens (tertiary/aromatic N) is 4. The van der Waals surface area contributed by atoms with Crippen LogP contribution in [0.5, 0.6) is 0 Å². The zero-order valence-electron chi connectivity index (χ0n) is 14.1. The minimum Gasteiger partial charge on any atom is -0.330 e. The van der Waals surface area contributed by atoms with Gasteiger partial charge in [0, 0.05) is 13.1 Å². The molecule has 1 amide bonds. The number of rotatable bonds is 5. The molecule has 1 aliphatic rings. The normalized spacial score (nSPS) is 14.9. The topological polar surface area (TPSA) is 51.0 Å². The van der Waals surface area contributed by atoms with Gasteiger partial charge >= 0.3 is 6.18 Å². The zero-order chi connectivity index (χ0) is 20.1. The number of hydrogen-bond acceptors (Lipinski definition) is 4. The van der Waals surface area contributed by atoms with Gasteiger partial charge in [0.05, 0.1) is 16.4 Å². The molecular formula is C15H14F6N4OS. The molecule has 0 spiro atoms. The third-order valence-corrected chi connectivity index (χ3v) is 5.02. The Hall–Kier alpha value is -2.11. The molecule has 5 nitrogen and oxygen atoms in total. The van der Waals surface area contributed by atoms with Crippen LogP contribution >= 0.6 is 11.3 Å². The fourth-order valence-electron chi connectivity index (χ4n) is 2.72. The van der Waals surface area contributed by atoms with Crippen LogP contribution in [0.4, 0.5) is 26.3 Å². The van der Waals surface area contributed by atoms with E-state index in [0.717, 1.165) is 23.3 Å². The van der Waals surface area contributed by atoms with Crippen LogP contribution in [0.1, 0.15) is 50.9 Å². The molecule has 3 rings (SSSR count). The van der Waals surface area contributed by atoms with Crippen LogP contribution in [-0.4, -0.2) is 31.6 Å². The number of amides is 1. The molecular weight excluding hydrogens is 398 g/mol. The van der Waals surface area contributed by atoms with Gasteiger partial charge in [-0.25, -0.2) is 18.4 Å². The third kappa shape index (κ3) is 3.80. The number of aryl methyl sites for hydroxylation is 2. The van der Waals surface area contributed by atoms with E-state index >= 15 is 0 Å². The highest BCUT2D eigenvalue weighted by Gasteiger charge is 2.42. The molecule has 2 aromatic rings. The highest BCUT2D eigenvalue weighted by atomic mass is 32.1. The molecule has 1 saturated carbocycles. The van der Waals surface area contributed by atoms with Gasteiger partial charge in [-0.3, -0.25) is 4.79 Å². The third-order valence-electron chi connectivity index (χ3n) is 4.06. The van der Waals surface area contributed by atoms with Crippen molar-refractivity contribution in [1.29, 1.82) is 0 Å². The molecule has 0 unspecified atom stereocenters. The number of carbonyl (C=O) groups excluding carboxylic acids is 1. The van der Waals surface area contributed by atoms with E-state index in [2.05, 4.69) is 10.1 Å². The van der Waals surface area contributed by atoms with E-state index in [1.165, 1.54) is 6.92 Å². The van der Waals surface area contributed by atoms with Gasteiger partial charge in [0.1, 0.15) is 11.3 Å². The summed E-state index contributed by atoms with van der Waals surface area (Å²) in [5.41, 5.74) is -3.06. The van der Waals surface area contributed by atoms with Crippen molar-refractivity contribution in [3.63, 3.8) is 0 Å². The maximum absolute atomic E-state index is 14.2. The summed E-state index contributed by atoms with van der Waals surface area (Å²) in [6, 6.07) is -0.439. The monoisotopic (exact) mass is 412 g/mol. The van der Waals surface area contributed by atoms with Gasteiger partial charge in [0.25, 0.3) is 12.3 Å². The van der Waals surface area contributed by atoms with Crippen LogP contribution in [0.2, 0.25) is 0 Å². The average molecular weight is 412 g/mol. The highest BCUT2D eigenvalue weighted by Crippen LogP contribution is 2.38. The quantitative estimate of drug-likeness (QED) is 0.696. The fraction of sp³-hybridized carbons (Fsp3) is 0.533. The molecule has 12 heteroatoms. The Morgan fingerprint density at radius 1 is 1.37 bits per heavy atom. The fourth-order valence-corrected chi connectivity index (χ4v) is 3.68. The van der Waals surface area contributed by atoms with Crippen LogP contribution in [0, 0.1) is 12.9 Å². The van der Waals surface area contributed by atoms with Crippen LogP contribution in [0.15, 0.2) is 0 Å². The van der Waals surface area contributed by atoms with Gasteiger partial charge in [-0.1, -0.05) is 0 Å². The summed E-state index contributed by atoms with van der Waals surface area (Å²) in [6.07, 6.45) is -6.92. The summed E-state index contributed by atoms with van der Waals surface area (Å²) in [5.74, 6) is -2.35. The molecule has 0 bridgehead atoms. The van der Waals surface area contributed by atoms with Crippen molar-refractivity contribution in [2.45, 2.75) is 45.0 Å². The predicted octanol–water partition coefficient (Wildman–Crippen LogP) is 4.09. The molecule has 2 aromatic heterocycles. The average Bonchev–Trinajstić information content (AvgIpc) is 3.25. The molecule has 148 valence electrons. The first-order chi connectivity index (χ1) is 12.5. The van der Waals surface area contributed by atoms with Gasteiger partial charge in [-0.2, -0.15) is 22.7 Å². The maximum atomic E-state index is 14.2. The van der Waals surface area contributed by atoms with E-state index in [4.69, 9.17) is 0 Å². The van der Waals surface area contributed by atoms with Crippen LogP contribution in [0.25, 0.3) is 0 Å². The predicted molar refractivity (Wildman–Crippen MR) is 82.9 cm³/mol. The SMILES string of the molecule is Cc1nc(C(F)(F)F)c(CN(C(=O)c2c(C(F)F)nn(C)c2F)C2CC2)s1. The molecule has 0 saturated heterocycles. The second kappa shape index (κ2) is 6.80. The van der Waals surface area contributed by atoms with Crippen LogP contribution in [0.3, 0.4) is 0 Å². The summed E-state index contributed by atoms with van der Waals surface area (Å²) in [6.45, 7) is 0.906.